The van der Waals surface area contributed by atoms with Crippen LogP contribution in [0.15, 0.2) is 29.3 Å². The number of guanidine groups is 1. The Morgan fingerprint density at radius 1 is 1.25 bits per heavy atom. The molecule has 0 aliphatic carbocycles. The molecule has 0 aliphatic heterocycles. The minimum atomic E-state index is -0.0154. The Morgan fingerprint density at radius 2 is 1.88 bits per heavy atom. The number of hydrogen-bond donors (Lipinski definition) is 2. The van der Waals surface area contributed by atoms with Crippen LogP contribution in [-0.4, -0.2) is 50.3 Å². The van der Waals surface area contributed by atoms with E-state index in [1.165, 1.54) is 0 Å². The fourth-order valence-corrected chi connectivity index (χ4v) is 2.02. The van der Waals surface area contributed by atoms with Gasteiger partial charge in [-0.3, -0.25) is 4.99 Å². The number of ether oxygens (including phenoxy) is 2. The summed E-state index contributed by atoms with van der Waals surface area (Å²) in [6.45, 7) is 7.91. The molecule has 24 heavy (non-hydrogen) atoms. The highest BCUT2D eigenvalue weighted by molar-refractivity contribution is 14.0. The van der Waals surface area contributed by atoms with E-state index in [2.05, 4.69) is 35.7 Å². The van der Waals surface area contributed by atoms with Gasteiger partial charge < -0.3 is 20.1 Å². The lowest BCUT2D eigenvalue weighted by Crippen LogP contribution is -2.45. The Labute approximate surface area is 167 Å². The molecule has 1 atom stereocenters. The van der Waals surface area contributed by atoms with Crippen molar-refractivity contribution in [2.45, 2.75) is 31.6 Å². The number of aliphatic imine (C=N–C) groups is 1. The van der Waals surface area contributed by atoms with E-state index < -0.39 is 0 Å². The highest BCUT2D eigenvalue weighted by Gasteiger charge is 2.16. The van der Waals surface area contributed by atoms with Gasteiger partial charge in [0.1, 0.15) is 6.10 Å². The summed E-state index contributed by atoms with van der Waals surface area (Å²) in [5.41, 5.74) is 0. The van der Waals surface area contributed by atoms with E-state index in [-0.39, 0.29) is 34.8 Å². The van der Waals surface area contributed by atoms with E-state index in [0.29, 0.717) is 6.54 Å². The topological polar surface area (TPSA) is 54.9 Å². The third kappa shape index (κ3) is 8.32. The fraction of sp³-hybridized carbons (Fsp3) is 0.588. The first kappa shape index (κ1) is 23.2. The summed E-state index contributed by atoms with van der Waals surface area (Å²) < 4.78 is 11.4. The smallest absolute Gasteiger partial charge is 0.191 e. The molecule has 0 aliphatic rings. The lowest BCUT2D eigenvalue weighted by Gasteiger charge is -2.24. The Kier molecular flexibility index (Phi) is 11.3. The SMILES string of the molecule is CN=C(NCC(C)Oc1ccccc1OC)NCC(C)(C)SC.I. The van der Waals surface area contributed by atoms with Gasteiger partial charge >= 0.3 is 0 Å². The Hall–Kier alpha value is -0.830. The van der Waals surface area contributed by atoms with Gasteiger partial charge in [0.15, 0.2) is 17.5 Å². The molecule has 0 saturated heterocycles. The second-order valence-electron chi connectivity index (χ2n) is 5.85. The monoisotopic (exact) mass is 467 g/mol. The maximum Gasteiger partial charge on any atom is 0.191 e. The summed E-state index contributed by atoms with van der Waals surface area (Å²) >= 11 is 1.83. The molecule has 0 radical (unpaired) electrons. The highest BCUT2D eigenvalue weighted by Crippen LogP contribution is 2.26. The van der Waals surface area contributed by atoms with Crippen molar-refractivity contribution in [1.29, 1.82) is 0 Å². The molecule has 0 spiro atoms. The van der Waals surface area contributed by atoms with Crippen LogP contribution in [0.1, 0.15) is 20.8 Å². The quantitative estimate of drug-likeness (QED) is 0.349. The van der Waals surface area contributed by atoms with Crippen LogP contribution in [0.3, 0.4) is 0 Å². The molecule has 1 rings (SSSR count). The number of methoxy groups -OCH3 is 1. The van der Waals surface area contributed by atoms with E-state index >= 15 is 0 Å². The number of halogens is 1. The van der Waals surface area contributed by atoms with Crippen molar-refractivity contribution >= 4 is 41.7 Å². The van der Waals surface area contributed by atoms with Crippen LogP contribution >= 0.6 is 35.7 Å². The fourth-order valence-electron chi connectivity index (χ4n) is 1.80. The van der Waals surface area contributed by atoms with Gasteiger partial charge in [-0.25, -0.2) is 0 Å². The van der Waals surface area contributed by atoms with Gasteiger partial charge in [0.2, 0.25) is 0 Å². The van der Waals surface area contributed by atoms with Crippen molar-refractivity contribution in [3.05, 3.63) is 24.3 Å². The molecule has 0 saturated carbocycles. The summed E-state index contributed by atoms with van der Waals surface area (Å²) in [6, 6.07) is 7.65. The minimum absolute atomic E-state index is 0. The molecule has 0 fully saturated rings. The predicted molar refractivity (Wildman–Crippen MR) is 115 cm³/mol. The van der Waals surface area contributed by atoms with Crippen molar-refractivity contribution < 1.29 is 9.47 Å². The number of thioether (sulfide) groups is 1. The summed E-state index contributed by atoms with van der Waals surface area (Å²) in [7, 11) is 3.41. The van der Waals surface area contributed by atoms with Gasteiger partial charge in [-0.15, -0.1) is 24.0 Å². The van der Waals surface area contributed by atoms with E-state index in [0.717, 1.165) is 24.0 Å². The lowest BCUT2D eigenvalue weighted by molar-refractivity contribution is 0.213. The minimum Gasteiger partial charge on any atom is -0.493 e. The first-order valence-electron chi connectivity index (χ1n) is 7.71. The number of nitrogens with zero attached hydrogens (tertiary/aromatic N) is 1. The van der Waals surface area contributed by atoms with Crippen LogP contribution in [0, 0.1) is 0 Å². The summed E-state index contributed by atoms with van der Waals surface area (Å²) in [6.07, 6.45) is 2.10. The zero-order valence-corrected chi connectivity index (χ0v) is 18.5. The standard InChI is InChI=1S/C17H29N3O2S.HI/c1-13(22-15-10-8-7-9-14(15)21-5)11-19-16(18-4)20-12-17(2,3)23-6;/h7-10,13H,11-12H2,1-6H3,(H2,18,19,20);1H. The number of hydrogen-bond acceptors (Lipinski definition) is 4. The van der Waals surface area contributed by atoms with Crippen LogP contribution in [0.2, 0.25) is 0 Å². The number of para-hydroxylation sites is 2. The van der Waals surface area contributed by atoms with Crippen molar-refractivity contribution in [3.63, 3.8) is 0 Å². The number of nitrogens with one attached hydrogen (secondary N) is 2. The van der Waals surface area contributed by atoms with Crippen molar-refractivity contribution in [2.24, 2.45) is 4.99 Å². The highest BCUT2D eigenvalue weighted by atomic mass is 127. The van der Waals surface area contributed by atoms with E-state index in [1.807, 2.05) is 43.0 Å². The van der Waals surface area contributed by atoms with E-state index in [4.69, 9.17) is 9.47 Å². The maximum atomic E-state index is 5.92. The van der Waals surface area contributed by atoms with Gasteiger partial charge in [-0.1, -0.05) is 12.1 Å². The van der Waals surface area contributed by atoms with Gasteiger partial charge in [0.05, 0.1) is 13.7 Å². The largest absolute Gasteiger partial charge is 0.493 e. The van der Waals surface area contributed by atoms with Crippen molar-refractivity contribution in [2.75, 3.05) is 33.5 Å². The number of rotatable bonds is 8. The van der Waals surface area contributed by atoms with E-state index in [1.54, 1.807) is 14.2 Å². The molecule has 7 heteroatoms. The van der Waals surface area contributed by atoms with Crippen LogP contribution in [0.5, 0.6) is 11.5 Å². The predicted octanol–water partition coefficient (Wildman–Crippen LogP) is 3.39. The first-order chi connectivity index (χ1) is 10.9. The molecule has 2 N–H and O–H groups in total. The van der Waals surface area contributed by atoms with Crippen LogP contribution < -0.4 is 20.1 Å². The molecule has 1 aromatic carbocycles. The lowest BCUT2D eigenvalue weighted by atomic mass is 10.2. The molecule has 1 unspecified atom stereocenters. The molecule has 1 aromatic rings. The van der Waals surface area contributed by atoms with Gasteiger partial charge in [0.25, 0.3) is 0 Å². The van der Waals surface area contributed by atoms with Gasteiger partial charge in [-0.2, -0.15) is 11.8 Å². The second kappa shape index (κ2) is 11.7. The number of benzene rings is 1. The molecule has 0 amide bonds. The molecule has 0 bridgehead atoms. The Balaban J connectivity index is 0.00000529. The summed E-state index contributed by atoms with van der Waals surface area (Å²) in [5, 5.41) is 6.63. The molecule has 5 nitrogen and oxygen atoms in total. The summed E-state index contributed by atoms with van der Waals surface area (Å²) in [5.74, 6) is 2.27. The summed E-state index contributed by atoms with van der Waals surface area (Å²) in [4.78, 5) is 4.24. The van der Waals surface area contributed by atoms with Gasteiger partial charge in [0, 0.05) is 18.3 Å². The zero-order chi connectivity index (χ0) is 17.3. The second-order valence-corrected chi connectivity index (χ2v) is 7.36. The Bertz CT molecular complexity index is 512. The van der Waals surface area contributed by atoms with Crippen LogP contribution in [0.25, 0.3) is 0 Å². The first-order valence-corrected chi connectivity index (χ1v) is 8.93. The zero-order valence-electron chi connectivity index (χ0n) is 15.4. The average Bonchev–Trinajstić information content (AvgIpc) is 2.55. The molecule has 0 heterocycles. The van der Waals surface area contributed by atoms with Crippen LogP contribution in [-0.2, 0) is 0 Å². The maximum absolute atomic E-state index is 5.92. The normalized spacial score (nSPS) is 12.8. The Morgan fingerprint density at radius 3 is 2.42 bits per heavy atom. The molecular weight excluding hydrogens is 437 g/mol. The third-order valence-corrected chi connectivity index (χ3v) is 4.66. The molecule has 138 valence electrons. The van der Waals surface area contributed by atoms with Crippen molar-refractivity contribution in [1.82, 2.24) is 10.6 Å². The van der Waals surface area contributed by atoms with Crippen molar-refractivity contribution in [3.8, 4) is 11.5 Å². The molecule has 0 aromatic heterocycles. The third-order valence-electron chi connectivity index (χ3n) is 3.41. The van der Waals surface area contributed by atoms with Crippen LogP contribution in [0.4, 0.5) is 0 Å². The average molecular weight is 467 g/mol. The van der Waals surface area contributed by atoms with Gasteiger partial charge in [-0.05, 0) is 39.2 Å². The van der Waals surface area contributed by atoms with E-state index in [9.17, 15) is 0 Å². The molecular formula is C17H30IN3O2S.